The average Bonchev–Trinajstić information content (AvgIpc) is 2.38. The molecule has 0 amide bonds. The van der Waals surface area contributed by atoms with Crippen molar-refractivity contribution in [1.82, 2.24) is 4.98 Å². The summed E-state index contributed by atoms with van der Waals surface area (Å²) < 4.78 is 0. The van der Waals surface area contributed by atoms with E-state index in [1.165, 1.54) is 0 Å². The number of nitrogens with one attached hydrogen (secondary N) is 1. The summed E-state index contributed by atoms with van der Waals surface area (Å²) in [5, 5.41) is 0. The minimum atomic E-state index is 0.0868. The first-order valence-corrected chi connectivity index (χ1v) is 3.82. The molecule has 3 N–H and O–H groups in total. The molecule has 10 heavy (non-hydrogen) atoms. The molecule has 0 fully saturated rings. The zero-order chi connectivity index (χ0) is 7.40. The number of halogens is 1. The van der Waals surface area contributed by atoms with Gasteiger partial charge in [0.25, 0.3) is 0 Å². The normalized spacial score (nSPS) is 13.4. The fraction of sp³-hybridized carbons (Fsp3) is 0.429. The number of hydrogen-bond acceptors (Lipinski definition) is 1. The van der Waals surface area contributed by atoms with Gasteiger partial charge in [-0.1, -0.05) is 0 Å². The van der Waals surface area contributed by atoms with E-state index in [9.17, 15) is 0 Å². The third-order valence-corrected chi connectivity index (χ3v) is 1.69. The van der Waals surface area contributed by atoms with E-state index in [1.807, 2.05) is 18.5 Å². The second-order valence-electron chi connectivity index (χ2n) is 2.23. The molecule has 1 atom stereocenters. The average molecular weight is 159 g/mol. The van der Waals surface area contributed by atoms with Gasteiger partial charge in [-0.2, -0.15) is 0 Å². The van der Waals surface area contributed by atoms with Crippen molar-refractivity contribution in [3.8, 4) is 0 Å². The van der Waals surface area contributed by atoms with Crippen LogP contribution in [0, 0.1) is 0 Å². The first-order valence-electron chi connectivity index (χ1n) is 3.29. The van der Waals surface area contributed by atoms with Gasteiger partial charge >= 0.3 is 0 Å². The van der Waals surface area contributed by atoms with Crippen molar-refractivity contribution in [1.29, 1.82) is 0 Å². The zero-order valence-corrected chi connectivity index (χ0v) is 6.43. The van der Waals surface area contributed by atoms with Gasteiger partial charge in [0.15, 0.2) is 0 Å². The fourth-order valence-corrected chi connectivity index (χ4v) is 1.09. The number of nitrogens with two attached hydrogens (primary N) is 1. The molecule has 0 aliphatic heterocycles. The van der Waals surface area contributed by atoms with Gasteiger partial charge in [0.2, 0.25) is 0 Å². The van der Waals surface area contributed by atoms with Crippen LogP contribution in [0.5, 0.6) is 0 Å². The van der Waals surface area contributed by atoms with Crippen LogP contribution in [0.1, 0.15) is 18.0 Å². The van der Waals surface area contributed by atoms with E-state index in [4.69, 9.17) is 17.3 Å². The molecular weight excluding hydrogens is 148 g/mol. The maximum Gasteiger partial charge on any atom is 0.0321 e. The van der Waals surface area contributed by atoms with Gasteiger partial charge in [-0.15, -0.1) is 11.6 Å². The summed E-state index contributed by atoms with van der Waals surface area (Å²) in [4.78, 5) is 2.95. The van der Waals surface area contributed by atoms with Gasteiger partial charge in [0.05, 0.1) is 0 Å². The summed E-state index contributed by atoms with van der Waals surface area (Å²) in [5.74, 6) is 0.617. The lowest BCUT2D eigenvalue weighted by Crippen LogP contribution is -2.09. The van der Waals surface area contributed by atoms with Crippen LogP contribution in [-0.4, -0.2) is 10.9 Å². The van der Waals surface area contributed by atoms with Crippen molar-refractivity contribution in [3.63, 3.8) is 0 Å². The number of aromatic nitrogens is 1. The Bertz CT molecular complexity index is 172. The van der Waals surface area contributed by atoms with Crippen LogP contribution < -0.4 is 5.73 Å². The molecule has 56 valence electrons. The Morgan fingerprint density at radius 1 is 1.70 bits per heavy atom. The van der Waals surface area contributed by atoms with Crippen LogP contribution in [0.3, 0.4) is 0 Å². The van der Waals surface area contributed by atoms with Gasteiger partial charge in [-0.05, 0) is 18.1 Å². The van der Waals surface area contributed by atoms with Crippen molar-refractivity contribution < 1.29 is 0 Å². The maximum absolute atomic E-state index is 5.75. The van der Waals surface area contributed by atoms with Crippen LogP contribution in [0.4, 0.5) is 0 Å². The molecule has 1 aromatic heterocycles. The van der Waals surface area contributed by atoms with Gasteiger partial charge in [0.1, 0.15) is 0 Å². The van der Waals surface area contributed by atoms with Gasteiger partial charge in [-0.3, -0.25) is 0 Å². The summed E-state index contributed by atoms with van der Waals surface area (Å²) in [6, 6.07) is 2.06. The van der Waals surface area contributed by atoms with Crippen molar-refractivity contribution >= 4 is 11.6 Å². The molecule has 1 rings (SSSR count). The summed E-state index contributed by atoms with van der Waals surface area (Å²) in [6.45, 7) is 0. The molecule has 0 aromatic carbocycles. The molecule has 3 heteroatoms. The first-order chi connectivity index (χ1) is 4.84. The summed E-state index contributed by atoms with van der Waals surface area (Å²) in [7, 11) is 0. The summed E-state index contributed by atoms with van der Waals surface area (Å²) >= 11 is 5.52. The Balaban J connectivity index is 2.50. The van der Waals surface area contributed by atoms with Crippen molar-refractivity contribution in [2.45, 2.75) is 12.5 Å². The molecule has 1 unspecified atom stereocenters. The molecule has 0 saturated carbocycles. The fourth-order valence-electron chi connectivity index (χ4n) is 0.852. The molecule has 2 nitrogen and oxygen atoms in total. The highest BCUT2D eigenvalue weighted by Crippen LogP contribution is 2.12. The van der Waals surface area contributed by atoms with Crippen LogP contribution in [-0.2, 0) is 0 Å². The van der Waals surface area contributed by atoms with E-state index < -0.39 is 0 Å². The predicted molar refractivity (Wildman–Crippen MR) is 43.1 cm³/mol. The van der Waals surface area contributed by atoms with Crippen molar-refractivity contribution in [2.24, 2.45) is 5.73 Å². The smallest absolute Gasteiger partial charge is 0.0321 e. The van der Waals surface area contributed by atoms with E-state index >= 15 is 0 Å². The van der Waals surface area contributed by atoms with Crippen molar-refractivity contribution in [3.05, 3.63) is 24.0 Å². The highest BCUT2D eigenvalue weighted by atomic mass is 35.5. The third-order valence-electron chi connectivity index (χ3n) is 1.47. The number of rotatable bonds is 3. The Kier molecular flexibility index (Phi) is 2.78. The van der Waals surface area contributed by atoms with Crippen LogP contribution in [0.2, 0.25) is 0 Å². The van der Waals surface area contributed by atoms with Crippen molar-refractivity contribution in [2.75, 3.05) is 5.88 Å². The molecule has 0 aliphatic carbocycles. The van der Waals surface area contributed by atoms with E-state index in [2.05, 4.69) is 4.98 Å². The minimum absolute atomic E-state index is 0.0868. The summed E-state index contributed by atoms with van der Waals surface area (Å²) in [6.07, 6.45) is 4.60. The Morgan fingerprint density at radius 3 is 3.00 bits per heavy atom. The van der Waals surface area contributed by atoms with E-state index in [0.717, 1.165) is 12.0 Å². The molecule has 1 aromatic rings. The number of alkyl halides is 1. The van der Waals surface area contributed by atoms with E-state index in [0.29, 0.717) is 5.88 Å². The second-order valence-corrected chi connectivity index (χ2v) is 2.61. The predicted octanol–water partition coefficient (Wildman–Crippen LogP) is 1.64. The van der Waals surface area contributed by atoms with Crippen LogP contribution in [0.25, 0.3) is 0 Å². The topological polar surface area (TPSA) is 41.8 Å². The zero-order valence-electron chi connectivity index (χ0n) is 5.68. The number of hydrogen-bond donors (Lipinski definition) is 2. The summed E-state index contributed by atoms with van der Waals surface area (Å²) in [5.41, 5.74) is 6.87. The highest BCUT2D eigenvalue weighted by Gasteiger charge is 2.03. The second kappa shape index (κ2) is 3.64. The largest absolute Gasteiger partial charge is 0.367 e. The molecule has 0 bridgehead atoms. The lowest BCUT2D eigenvalue weighted by atomic mass is 10.1. The molecule has 0 radical (unpaired) electrons. The number of aromatic amines is 1. The standard InChI is InChI=1S/C7H11ClN2/c8-3-1-7(9)6-2-4-10-5-6/h2,4-5,7,10H,1,3,9H2. The molecule has 1 heterocycles. The molecular formula is C7H11ClN2. The Labute approximate surface area is 65.4 Å². The third kappa shape index (κ3) is 1.75. The maximum atomic E-state index is 5.75. The quantitative estimate of drug-likeness (QED) is 0.646. The highest BCUT2D eigenvalue weighted by molar-refractivity contribution is 6.17. The minimum Gasteiger partial charge on any atom is -0.367 e. The molecule has 0 aliphatic rings. The van der Waals surface area contributed by atoms with Crippen LogP contribution >= 0.6 is 11.6 Å². The number of H-pyrrole nitrogens is 1. The van der Waals surface area contributed by atoms with E-state index in [-0.39, 0.29) is 6.04 Å². The Hall–Kier alpha value is -0.470. The van der Waals surface area contributed by atoms with Gasteiger partial charge in [-0.25, -0.2) is 0 Å². The first kappa shape index (κ1) is 7.63. The monoisotopic (exact) mass is 158 g/mol. The Morgan fingerprint density at radius 2 is 2.50 bits per heavy atom. The molecule has 0 saturated heterocycles. The molecule has 0 spiro atoms. The van der Waals surface area contributed by atoms with Gasteiger partial charge < -0.3 is 10.7 Å². The van der Waals surface area contributed by atoms with E-state index in [1.54, 1.807) is 0 Å². The lowest BCUT2D eigenvalue weighted by molar-refractivity contribution is 0.704. The lowest BCUT2D eigenvalue weighted by Gasteiger charge is -2.05. The van der Waals surface area contributed by atoms with Crippen LogP contribution in [0.15, 0.2) is 18.5 Å². The van der Waals surface area contributed by atoms with Gasteiger partial charge in [0, 0.05) is 24.3 Å². The SMILES string of the molecule is NC(CCCl)c1cc[nH]c1.